The molecule has 0 spiro atoms. The van der Waals surface area contributed by atoms with E-state index in [-0.39, 0.29) is 24.2 Å². The highest BCUT2D eigenvalue weighted by molar-refractivity contribution is 5.85. The first-order valence-electron chi connectivity index (χ1n) is 8.05. The molecule has 0 saturated carbocycles. The van der Waals surface area contributed by atoms with Crippen molar-refractivity contribution in [1.82, 2.24) is 4.90 Å². The van der Waals surface area contributed by atoms with Crippen molar-refractivity contribution in [2.24, 2.45) is 11.7 Å². The molecule has 1 fully saturated rings. The third kappa shape index (κ3) is 4.75. The number of nitrogens with two attached hydrogens (primary N) is 1. The number of nitrogens with zero attached hydrogens (tertiary/aromatic N) is 2. The zero-order valence-corrected chi connectivity index (χ0v) is 15.0. The summed E-state index contributed by atoms with van der Waals surface area (Å²) >= 11 is 0. The fourth-order valence-electron chi connectivity index (χ4n) is 2.66. The highest BCUT2D eigenvalue weighted by Gasteiger charge is 2.27. The number of ether oxygens (including phenoxy) is 1. The fourth-order valence-corrected chi connectivity index (χ4v) is 2.66. The molecule has 1 aromatic carbocycles. The maximum atomic E-state index is 12.3. The lowest BCUT2D eigenvalue weighted by atomic mass is 10.0. The van der Waals surface area contributed by atoms with E-state index in [0.29, 0.717) is 19.7 Å². The first-order chi connectivity index (χ1) is 10.5. The Balaban J connectivity index is 0.00000264. The van der Waals surface area contributed by atoms with Gasteiger partial charge in [-0.25, -0.2) is 0 Å². The number of carbonyl (C=O) groups excluding carboxylic acids is 1. The van der Waals surface area contributed by atoms with Gasteiger partial charge in [0.15, 0.2) is 0 Å². The van der Waals surface area contributed by atoms with Crippen LogP contribution in [0.15, 0.2) is 24.3 Å². The maximum Gasteiger partial charge on any atom is 0.239 e. The molecule has 2 N–H and O–H groups in total. The number of hydrogen-bond donors (Lipinski definition) is 1. The van der Waals surface area contributed by atoms with E-state index in [9.17, 15) is 4.79 Å². The molecule has 1 heterocycles. The molecule has 0 bridgehead atoms. The van der Waals surface area contributed by atoms with Gasteiger partial charge < -0.3 is 20.3 Å². The average molecular weight is 342 g/mol. The topological polar surface area (TPSA) is 58.8 Å². The molecule has 0 unspecified atom stereocenters. The van der Waals surface area contributed by atoms with Crippen LogP contribution in [0, 0.1) is 5.92 Å². The first-order valence-corrected chi connectivity index (χ1v) is 8.05. The summed E-state index contributed by atoms with van der Waals surface area (Å²) in [5.41, 5.74) is 7.08. The minimum Gasteiger partial charge on any atom is -0.492 e. The van der Waals surface area contributed by atoms with Gasteiger partial charge in [-0.2, -0.15) is 0 Å². The third-order valence-electron chi connectivity index (χ3n) is 4.10. The van der Waals surface area contributed by atoms with Crippen molar-refractivity contribution < 1.29 is 9.53 Å². The summed E-state index contributed by atoms with van der Waals surface area (Å²) in [5, 5.41) is 0. The molecule has 1 aliphatic heterocycles. The van der Waals surface area contributed by atoms with Gasteiger partial charge in [-0.1, -0.05) is 26.0 Å². The zero-order chi connectivity index (χ0) is 16.1. The Morgan fingerprint density at radius 2 is 1.83 bits per heavy atom. The quantitative estimate of drug-likeness (QED) is 0.891. The standard InChI is InChI=1S/C17H27N3O2.ClH/c1-4-22-15-8-6-5-7-14(15)19-9-11-20(12-10-19)17(21)16(18)13(2)3;/h5-8,13,16H,4,9-12,18H2,1-3H3;1H/t16-;/m0./s1. The largest absolute Gasteiger partial charge is 0.492 e. The van der Waals surface area contributed by atoms with Crippen LogP contribution in [0.5, 0.6) is 5.75 Å². The molecule has 23 heavy (non-hydrogen) atoms. The molecule has 130 valence electrons. The molecule has 1 atom stereocenters. The van der Waals surface area contributed by atoms with Gasteiger partial charge in [-0.3, -0.25) is 4.79 Å². The molecule has 1 saturated heterocycles. The van der Waals surface area contributed by atoms with Gasteiger partial charge in [-0.05, 0) is 25.0 Å². The summed E-state index contributed by atoms with van der Waals surface area (Å²) in [6, 6.07) is 7.66. The second kappa shape index (κ2) is 8.99. The smallest absolute Gasteiger partial charge is 0.239 e. The van der Waals surface area contributed by atoms with Crippen LogP contribution in [-0.2, 0) is 4.79 Å². The predicted molar refractivity (Wildman–Crippen MR) is 96.5 cm³/mol. The van der Waals surface area contributed by atoms with Gasteiger partial charge in [0, 0.05) is 26.2 Å². The van der Waals surface area contributed by atoms with Crippen LogP contribution in [0.25, 0.3) is 0 Å². The number of amides is 1. The molecule has 0 radical (unpaired) electrons. The molecule has 0 aliphatic carbocycles. The van der Waals surface area contributed by atoms with E-state index in [1.165, 1.54) is 0 Å². The molecule has 1 aliphatic rings. The second-order valence-electron chi connectivity index (χ2n) is 5.98. The van der Waals surface area contributed by atoms with Crippen molar-refractivity contribution >= 4 is 24.0 Å². The van der Waals surface area contributed by atoms with E-state index >= 15 is 0 Å². The van der Waals surface area contributed by atoms with Crippen molar-refractivity contribution in [2.45, 2.75) is 26.8 Å². The van der Waals surface area contributed by atoms with E-state index in [1.807, 2.05) is 43.9 Å². The van der Waals surface area contributed by atoms with Crippen LogP contribution < -0.4 is 15.4 Å². The van der Waals surface area contributed by atoms with Crippen molar-refractivity contribution in [2.75, 3.05) is 37.7 Å². The molecule has 2 rings (SSSR count). The summed E-state index contributed by atoms with van der Waals surface area (Å²) in [4.78, 5) is 16.5. The molecule has 6 heteroatoms. The van der Waals surface area contributed by atoms with Crippen LogP contribution in [0.1, 0.15) is 20.8 Å². The number of halogens is 1. The van der Waals surface area contributed by atoms with Gasteiger partial charge in [0.05, 0.1) is 18.3 Å². The lowest BCUT2D eigenvalue weighted by Gasteiger charge is -2.38. The Bertz CT molecular complexity index is 502. The Morgan fingerprint density at radius 3 is 2.39 bits per heavy atom. The number of anilines is 1. The van der Waals surface area contributed by atoms with E-state index in [4.69, 9.17) is 10.5 Å². The van der Waals surface area contributed by atoms with Crippen LogP contribution in [0.3, 0.4) is 0 Å². The molecule has 1 amide bonds. The highest BCUT2D eigenvalue weighted by Crippen LogP contribution is 2.28. The van der Waals surface area contributed by atoms with Crippen molar-refractivity contribution in [3.05, 3.63) is 24.3 Å². The van der Waals surface area contributed by atoms with Crippen molar-refractivity contribution in [3.63, 3.8) is 0 Å². The minimum absolute atomic E-state index is 0. The van der Waals surface area contributed by atoms with Gasteiger partial charge in [-0.15, -0.1) is 12.4 Å². The number of rotatable bonds is 5. The van der Waals surface area contributed by atoms with Crippen molar-refractivity contribution in [3.8, 4) is 5.75 Å². The molecule has 5 nitrogen and oxygen atoms in total. The second-order valence-corrected chi connectivity index (χ2v) is 5.98. The molecule has 1 aromatic rings. The first kappa shape index (κ1) is 19.6. The van der Waals surface area contributed by atoms with E-state index in [1.54, 1.807) is 0 Å². The summed E-state index contributed by atoms with van der Waals surface area (Å²) in [6.07, 6.45) is 0. The Hall–Kier alpha value is -1.46. The summed E-state index contributed by atoms with van der Waals surface area (Å²) in [5.74, 6) is 1.14. The van der Waals surface area contributed by atoms with Crippen LogP contribution >= 0.6 is 12.4 Å². The van der Waals surface area contributed by atoms with Gasteiger partial charge >= 0.3 is 0 Å². The fraction of sp³-hybridized carbons (Fsp3) is 0.588. The monoisotopic (exact) mass is 341 g/mol. The third-order valence-corrected chi connectivity index (χ3v) is 4.10. The SMILES string of the molecule is CCOc1ccccc1N1CCN(C(=O)[C@@H](N)C(C)C)CC1.Cl. The predicted octanol–water partition coefficient (Wildman–Crippen LogP) is 2.14. The Labute approximate surface area is 145 Å². The number of piperazine rings is 1. The minimum atomic E-state index is -0.401. The highest BCUT2D eigenvalue weighted by atomic mass is 35.5. The van der Waals surface area contributed by atoms with Crippen LogP contribution in [-0.4, -0.2) is 49.6 Å². The van der Waals surface area contributed by atoms with Crippen LogP contribution in [0.4, 0.5) is 5.69 Å². The molecular formula is C17H28ClN3O2. The van der Waals surface area contributed by atoms with E-state index in [2.05, 4.69) is 11.0 Å². The Kier molecular flexibility index (Phi) is 7.65. The normalized spacial score (nSPS) is 16.0. The number of para-hydroxylation sites is 2. The van der Waals surface area contributed by atoms with E-state index in [0.717, 1.165) is 24.5 Å². The van der Waals surface area contributed by atoms with Gasteiger partial charge in [0.25, 0.3) is 0 Å². The van der Waals surface area contributed by atoms with Gasteiger partial charge in [0.1, 0.15) is 5.75 Å². The van der Waals surface area contributed by atoms with Crippen molar-refractivity contribution in [1.29, 1.82) is 0 Å². The van der Waals surface area contributed by atoms with Crippen LogP contribution in [0.2, 0.25) is 0 Å². The zero-order valence-electron chi connectivity index (χ0n) is 14.2. The van der Waals surface area contributed by atoms with E-state index < -0.39 is 6.04 Å². The summed E-state index contributed by atoms with van der Waals surface area (Å²) < 4.78 is 5.69. The number of benzene rings is 1. The van der Waals surface area contributed by atoms with Gasteiger partial charge in [0.2, 0.25) is 5.91 Å². The average Bonchev–Trinajstić information content (AvgIpc) is 2.54. The lowest BCUT2D eigenvalue weighted by Crippen LogP contribution is -2.54. The summed E-state index contributed by atoms with van der Waals surface area (Å²) in [7, 11) is 0. The maximum absolute atomic E-state index is 12.3. The lowest BCUT2D eigenvalue weighted by molar-refractivity contribution is -0.133. The molecule has 0 aromatic heterocycles. The number of hydrogen-bond acceptors (Lipinski definition) is 4. The Morgan fingerprint density at radius 1 is 1.22 bits per heavy atom. The molecular weight excluding hydrogens is 314 g/mol. The summed E-state index contributed by atoms with van der Waals surface area (Å²) in [6.45, 7) is 9.63. The number of carbonyl (C=O) groups is 1.